The van der Waals surface area contributed by atoms with Gasteiger partial charge >= 0.3 is 0 Å². The van der Waals surface area contributed by atoms with Gasteiger partial charge < -0.3 is 9.47 Å². The van der Waals surface area contributed by atoms with E-state index in [-0.39, 0.29) is 28.7 Å². The first-order valence-corrected chi connectivity index (χ1v) is 13.4. The first kappa shape index (κ1) is 26.1. The number of aryl methyl sites for hydroxylation is 1. The van der Waals surface area contributed by atoms with Gasteiger partial charge in [0.2, 0.25) is 0 Å². The van der Waals surface area contributed by atoms with E-state index in [9.17, 15) is 17.6 Å². The van der Waals surface area contributed by atoms with E-state index >= 15 is 0 Å². The minimum atomic E-state index is -3.96. The van der Waals surface area contributed by atoms with Crippen molar-refractivity contribution in [2.45, 2.75) is 37.2 Å². The SMILES string of the molecule is COCCC(=O)CC[C@H]1CN(S(=O)(=O)c2cccc(C)c2)c2cc(-c3cccc(F)c3Cl)ccc2O1. The van der Waals surface area contributed by atoms with Crippen LogP contribution in [-0.2, 0) is 19.6 Å². The van der Waals surface area contributed by atoms with E-state index in [0.717, 1.165) is 5.56 Å². The fourth-order valence-electron chi connectivity index (χ4n) is 4.15. The predicted molar refractivity (Wildman–Crippen MR) is 138 cm³/mol. The first-order valence-electron chi connectivity index (χ1n) is 11.6. The molecule has 0 unspecified atom stereocenters. The number of methoxy groups -OCH3 is 1. The Kier molecular flexibility index (Phi) is 7.97. The molecule has 4 rings (SSSR count). The van der Waals surface area contributed by atoms with E-state index in [1.54, 1.807) is 48.5 Å². The smallest absolute Gasteiger partial charge is 0.264 e. The van der Waals surface area contributed by atoms with E-state index in [2.05, 4.69) is 0 Å². The Bertz CT molecular complexity index is 1380. The zero-order valence-corrected chi connectivity index (χ0v) is 21.6. The van der Waals surface area contributed by atoms with Gasteiger partial charge in [0.25, 0.3) is 10.0 Å². The number of ether oxygens (including phenoxy) is 2. The molecule has 0 spiro atoms. The number of rotatable bonds is 9. The second-order valence-electron chi connectivity index (χ2n) is 8.70. The summed E-state index contributed by atoms with van der Waals surface area (Å²) in [5.41, 5.74) is 2.14. The fraction of sp³-hybridized carbons (Fsp3) is 0.296. The van der Waals surface area contributed by atoms with Gasteiger partial charge in [0.15, 0.2) is 0 Å². The maximum atomic E-state index is 14.1. The topological polar surface area (TPSA) is 72.9 Å². The number of carbonyl (C=O) groups is 1. The highest BCUT2D eigenvalue weighted by atomic mass is 35.5. The van der Waals surface area contributed by atoms with Crippen LogP contribution < -0.4 is 9.04 Å². The van der Waals surface area contributed by atoms with Gasteiger partial charge in [-0.15, -0.1) is 0 Å². The van der Waals surface area contributed by atoms with Gasteiger partial charge in [0.1, 0.15) is 23.5 Å². The number of sulfonamides is 1. The molecular weight excluding hydrogens is 505 g/mol. The molecule has 0 saturated carbocycles. The van der Waals surface area contributed by atoms with Crippen LogP contribution in [0.25, 0.3) is 11.1 Å². The average molecular weight is 532 g/mol. The van der Waals surface area contributed by atoms with Crippen molar-refractivity contribution in [2.24, 2.45) is 0 Å². The van der Waals surface area contributed by atoms with Crippen molar-refractivity contribution in [2.75, 3.05) is 24.6 Å². The largest absolute Gasteiger partial charge is 0.486 e. The summed E-state index contributed by atoms with van der Waals surface area (Å²) in [5.74, 6) is -0.177. The molecule has 0 saturated heterocycles. The molecule has 3 aromatic rings. The zero-order valence-electron chi connectivity index (χ0n) is 20.0. The second-order valence-corrected chi connectivity index (χ2v) is 10.9. The molecule has 1 atom stereocenters. The minimum absolute atomic E-state index is 0.0235. The van der Waals surface area contributed by atoms with E-state index < -0.39 is 21.9 Å². The van der Waals surface area contributed by atoms with Crippen LogP contribution in [0.15, 0.2) is 65.6 Å². The van der Waals surface area contributed by atoms with E-state index in [1.807, 2.05) is 13.0 Å². The summed E-state index contributed by atoms with van der Waals surface area (Å²) < 4.78 is 54.1. The third kappa shape index (κ3) is 5.56. The summed E-state index contributed by atoms with van der Waals surface area (Å²) in [6, 6.07) is 16.2. The summed E-state index contributed by atoms with van der Waals surface area (Å²) in [6.07, 6.45) is 0.382. The van der Waals surface area contributed by atoms with Gasteiger partial charge in [-0.25, -0.2) is 12.8 Å². The molecule has 9 heteroatoms. The lowest BCUT2D eigenvalue weighted by Crippen LogP contribution is -2.43. The van der Waals surface area contributed by atoms with Crippen molar-refractivity contribution in [3.8, 4) is 16.9 Å². The lowest BCUT2D eigenvalue weighted by atomic mass is 10.0. The highest BCUT2D eigenvalue weighted by Crippen LogP contribution is 2.42. The number of anilines is 1. The molecule has 0 aliphatic carbocycles. The molecule has 0 N–H and O–H groups in total. The average Bonchev–Trinajstić information content (AvgIpc) is 2.87. The van der Waals surface area contributed by atoms with Gasteiger partial charge in [0, 0.05) is 25.5 Å². The van der Waals surface area contributed by atoms with Crippen LogP contribution in [0.3, 0.4) is 0 Å². The van der Waals surface area contributed by atoms with Gasteiger partial charge in [-0.1, -0.05) is 41.9 Å². The predicted octanol–water partition coefficient (Wildman–Crippen LogP) is 5.80. The van der Waals surface area contributed by atoms with E-state index in [0.29, 0.717) is 42.0 Å². The van der Waals surface area contributed by atoms with Crippen molar-refractivity contribution in [1.29, 1.82) is 0 Å². The highest BCUT2D eigenvalue weighted by Gasteiger charge is 2.35. The van der Waals surface area contributed by atoms with Crippen LogP contribution in [0, 0.1) is 12.7 Å². The summed E-state index contributed by atoms with van der Waals surface area (Å²) in [4.78, 5) is 12.3. The number of hydrogen-bond acceptors (Lipinski definition) is 5. The Morgan fingerprint density at radius 1 is 1.14 bits per heavy atom. The Labute approximate surface area is 215 Å². The van der Waals surface area contributed by atoms with Gasteiger partial charge in [-0.05, 0) is 54.8 Å². The third-order valence-corrected chi connectivity index (χ3v) is 8.22. The first-order chi connectivity index (χ1) is 17.2. The van der Waals surface area contributed by atoms with E-state index in [4.69, 9.17) is 21.1 Å². The third-order valence-electron chi connectivity index (χ3n) is 6.06. The normalized spacial score (nSPS) is 15.3. The highest BCUT2D eigenvalue weighted by molar-refractivity contribution is 7.92. The lowest BCUT2D eigenvalue weighted by molar-refractivity contribution is -0.120. The number of hydrogen-bond donors (Lipinski definition) is 0. The molecule has 0 radical (unpaired) electrons. The summed E-state index contributed by atoms with van der Waals surface area (Å²) in [5, 5.41) is -0.0466. The molecule has 0 amide bonds. The molecule has 190 valence electrons. The number of fused-ring (bicyclic) bond motifs is 1. The number of ketones is 1. The Morgan fingerprint density at radius 3 is 2.67 bits per heavy atom. The van der Waals surface area contributed by atoms with Crippen LogP contribution in [0.1, 0.15) is 24.8 Å². The summed E-state index contributed by atoms with van der Waals surface area (Å²) in [6.45, 7) is 2.19. The lowest BCUT2D eigenvalue weighted by Gasteiger charge is -2.36. The maximum Gasteiger partial charge on any atom is 0.264 e. The number of halogens is 2. The summed E-state index contributed by atoms with van der Waals surface area (Å²) in [7, 11) is -2.42. The van der Waals surface area contributed by atoms with Crippen molar-refractivity contribution >= 4 is 33.1 Å². The number of benzene rings is 3. The quantitative estimate of drug-likeness (QED) is 0.349. The fourth-order valence-corrected chi connectivity index (χ4v) is 5.99. The molecule has 1 aliphatic rings. The standard InChI is InChI=1S/C27H27ClFNO5S/c1-18-5-3-6-22(15-18)36(32,33)30-17-21(11-10-20(31)13-14-34-2)35-26-12-9-19(16-25(26)30)23-7-4-8-24(29)27(23)28/h3-9,12,15-16,21H,10-11,13-14,17H2,1-2H3/t21-/m0/s1. The van der Waals surface area contributed by atoms with Gasteiger partial charge in [0.05, 0.1) is 28.8 Å². The van der Waals surface area contributed by atoms with Crippen molar-refractivity contribution in [3.63, 3.8) is 0 Å². The van der Waals surface area contributed by atoms with Crippen LogP contribution in [0.4, 0.5) is 10.1 Å². The Balaban J connectivity index is 1.73. The molecular formula is C27H27ClFNO5S. The van der Waals surface area contributed by atoms with Crippen LogP contribution in [-0.4, -0.2) is 40.6 Å². The Morgan fingerprint density at radius 2 is 1.92 bits per heavy atom. The Hall–Kier alpha value is -2.94. The van der Waals surface area contributed by atoms with E-state index in [1.165, 1.54) is 17.5 Å². The van der Waals surface area contributed by atoms with Crippen LogP contribution in [0.2, 0.25) is 5.02 Å². The number of nitrogens with zero attached hydrogens (tertiary/aromatic N) is 1. The molecule has 1 heterocycles. The molecule has 36 heavy (non-hydrogen) atoms. The molecule has 0 aromatic heterocycles. The minimum Gasteiger partial charge on any atom is -0.486 e. The van der Waals surface area contributed by atoms with Crippen LogP contribution in [0.5, 0.6) is 5.75 Å². The molecule has 1 aliphatic heterocycles. The van der Waals surface area contributed by atoms with Gasteiger partial charge in [-0.3, -0.25) is 9.10 Å². The van der Waals surface area contributed by atoms with Crippen molar-refractivity contribution < 1.29 is 27.1 Å². The number of carbonyl (C=O) groups excluding carboxylic acids is 1. The van der Waals surface area contributed by atoms with Crippen molar-refractivity contribution in [3.05, 3.63) is 77.1 Å². The van der Waals surface area contributed by atoms with Crippen LogP contribution >= 0.6 is 11.6 Å². The molecule has 3 aromatic carbocycles. The van der Waals surface area contributed by atoms with Gasteiger partial charge in [-0.2, -0.15) is 0 Å². The summed E-state index contributed by atoms with van der Waals surface area (Å²) >= 11 is 6.20. The monoisotopic (exact) mass is 531 g/mol. The zero-order chi connectivity index (χ0) is 25.9. The van der Waals surface area contributed by atoms with Crippen molar-refractivity contribution in [1.82, 2.24) is 0 Å². The second kappa shape index (κ2) is 11.0. The molecule has 6 nitrogen and oxygen atoms in total. The molecule has 0 bridgehead atoms. The molecule has 0 fully saturated rings. The maximum absolute atomic E-state index is 14.1. The number of Topliss-reactive ketones (excluding diaryl/α,β-unsaturated/α-hetero) is 1.